The summed E-state index contributed by atoms with van der Waals surface area (Å²) in [4.78, 5) is 3.95. The van der Waals surface area contributed by atoms with Gasteiger partial charge in [-0.2, -0.15) is 0 Å². The largest absolute Gasteiger partial charge is 0.389 e. The molecule has 0 unspecified atom stereocenters. The molecule has 18 heavy (non-hydrogen) atoms. The fourth-order valence-electron chi connectivity index (χ4n) is 1.69. The normalized spacial score (nSPS) is 10.3. The smallest absolute Gasteiger partial charge is 0.104 e. The van der Waals surface area contributed by atoms with Crippen molar-refractivity contribution in [3.05, 3.63) is 50.6 Å². The molecule has 0 spiro atoms. The van der Waals surface area contributed by atoms with Crippen molar-refractivity contribution in [1.82, 2.24) is 0 Å². The van der Waals surface area contributed by atoms with Gasteiger partial charge in [0.25, 0.3) is 0 Å². The fraction of sp³-hybridized carbons (Fsp3) is 0.154. The standard InChI is InChI=1S/C13H13BrN2S2/c1-16(8-10-3-2-6-18-10)12-5-4-9(13(15)17)7-11(12)14/h2-7H,8H2,1H3,(H2,15,17). The molecule has 0 saturated heterocycles. The molecule has 2 N–H and O–H groups in total. The van der Waals surface area contributed by atoms with Crippen LogP contribution in [0.3, 0.4) is 0 Å². The van der Waals surface area contributed by atoms with Gasteiger partial charge in [-0.25, -0.2) is 0 Å². The highest BCUT2D eigenvalue weighted by molar-refractivity contribution is 9.10. The van der Waals surface area contributed by atoms with E-state index in [0.717, 1.165) is 22.3 Å². The van der Waals surface area contributed by atoms with E-state index in [4.69, 9.17) is 18.0 Å². The van der Waals surface area contributed by atoms with Crippen LogP contribution in [-0.4, -0.2) is 12.0 Å². The van der Waals surface area contributed by atoms with Crippen molar-refractivity contribution < 1.29 is 0 Å². The van der Waals surface area contributed by atoms with Crippen molar-refractivity contribution in [1.29, 1.82) is 0 Å². The summed E-state index contributed by atoms with van der Waals surface area (Å²) < 4.78 is 1.01. The Morgan fingerprint density at radius 2 is 2.22 bits per heavy atom. The predicted octanol–water partition coefficient (Wildman–Crippen LogP) is 3.78. The predicted molar refractivity (Wildman–Crippen MR) is 86.5 cm³/mol. The summed E-state index contributed by atoms with van der Waals surface area (Å²) in [7, 11) is 2.07. The van der Waals surface area contributed by atoms with Gasteiger partial charge in [0.1, 0.15) is 4.99 Å². The molecule has 5 heteroatoms. The van der Waals surface area contributed by atoms with Gasteiger partial charge in [0.2, 0.25) is 0 Å². The summed E-state index contributed by atoms with van der Waals surface area (Å²) >= 11 is 10.3. The van der Waals surface area contributed by atoms with Gasteiger partial charge in [0, 0.05) is 22.0 Å². The van der Waals surface area contributed by atoms with Crippen molar-refractivity contribution in [2.45, 2.75) is 6.54 Å². The molecule has 0 aliphatic rings. The van der Waals surface area contributed by atoms with Crippen LogP contribution in [0.4, 0.5) is 5.69 Å². The first-order valence-corrected chi connectivity index (χ1v) is 7.49. The Morgan fingerprint density at radius 3 is 2.78 bits per heavy atom. The van der Waals surface area contributed by atoms with Gasteiger partial charge < -0.3 is 10.6 Å². The number of anilines is 1. The molecule has 0 aliphatic carbocycles. The van der Waals surface area contributed by atoms with Crippen LogP contribution >= 0.6 is 39.5 Å². The molecule has 1 heterocycles. The SMILES string of the molecule is CN(Cc1cccs1)c1ccc(C(N)=S)cc1Br. The molecule has 0 aliphatic heterocycles. The molecule has 2 nitrogen and oxygen atoms in total. The molecule has 0 radical (unpaired) electrons. The van der Waals surface area contributed by atoms with Crippen LogP contribution in [0.2, 0.25) is 0 Å². The topological polar surface area (TPSA) is 29.3 Å². The third-order valence-electron chi connectivity index (χ3n) is 2.62. The van der Waals surface area contributed by atoms with Gasteiger partial charge >= 0.3 is 0 Å². The van der Waals surface area contributed by atoms with E-state index in [1.54, 1.807) is 11.3 Å². The van der Waals surface area contributed by atoms with E-state index in [1.165, 1.54) is 4.88 Å². The third kappa shape index (κ3) is 3.10. The number of thiocarbonyl (C=S) groups is 1. The van der Waals surface area contributed by atoms with Gasteiger partial charge in [-0.15, -0.1) is 11.3 Å². The molecule has 1 aromatic heterocycles. The first kappa shape index (κ1) is 13.5. The van der Waals surface area contributed by atoms with Crippen LogP contribution in [0.15, 0.2) is 40.2 Å². The van der Waals surface area contributed by atoms with Crippen LogP contribution in [0.5, 0.6) is 0 Å². The second-order valence-corrected chi connectivity index (χ2v) is 6.29. The van der Waals surface area contributed by atoms with Crippen LogP contribution in [0.25, 0.3) is 0 Å². The minimum absolute atomic E-state index is 0.420. The maximum Gasteiger partial charge on any atom is 0.104 e. The maximum absolute atomic E-state index is 5.62. The first-order valence-electron chi connectivity index (χ1n) is 5.41. The average molecular weight is 341 g/mol. The van der Waals surface area contributed by atoms with E-state index in [9.17, 15) is 0 Å². The Labute approximate surface area is 125 Å². The highest BCUT2D eigenvalue weighted by Crippen LogP contribution is 2.28. The molecule has 0 bridgehead atoms. The number of rotatable bonds is 4. The molecule has 0 saturated carbocycles. The van der Waals surface area contributed by atoms with Crippen molar-refractivity contribution in [2.75, 3.05) is 11.9 Å². The molecule has 0 amide bonds. The van der Waals surface area contributed by atoms with Gasteiger partial charge in [-0.1, -0.05) is 18.3 Å². The van der Waals surface area contributed by atoms with Crippen molar-refractivity contribution in [3.8, 4) is 0 Å². The lowest BCUT2D eigenvalue weighted by atomic mass is 10.2. The highest BCUT2D eigenvalue weighted by atomic mass is 79.9. The molecule has 0 atom stereocenters. The van der Waals surface area contributed by atoms with E-state index in [1.807, 2.05) is 18.2 Å². The number of hydrogen-bond donors (Lipinski definition) is 1. The van der Waals surface area contributed by atoms with Crippen molar-refractivity contribution >= 4 is 50.2 Å². The third-order valence-corrected chi connectivity index (χ3v) is 4.35. The van der Waals surface area contributed by atoms with Crippen molar-refractivity contribution in [3.63, 3.8) is 0 Å². The Morgan fingerprint density at radius 1 is 1.44 bits per heavy atom. The Bertz CT molecular complexity index is 552. The summed E-state index contributed by atoms with van der Waals surface area (Å²) in [5.74, 6) is 0. The zero-order chi connectivity index (χ0) is 13.1. The van der Waals surface area contributed by atoms with E-state index in [-0.39, 0.29) is 0 Å². The zero-order valence-electron chi connectivity index (χ0n) is 9.89. The van der Waals surface area contributed by atoms with Crippen LogP contribution < -0.4 is 10.6 Å². The summed E-state index contributed by atoms with van der Waals surface area (Å²) in [6, 6.07) is 10.2. The van der Waals surface area contributed by atoms with Gasteiger partial charge in [0.15, 0.2) is 0 Å². The fourth-order valence-corrected chi connectivity index (χ4v) is 3.26. The Hall–Kier alpha value is -0.910. The Balaban J connectivity index is 2.20. The Kier molecular flexibility index (Phi) is 4.37. The number of hydrogen-bond acceptors (Lipinski definition) is 3. The molecule has 1 aromatic carbocycles. The van der Waals surface area contributed by atoms with Crippen LogP contribution in [0, 0.1) is 0 Å². The number of halogens is 1. The second kappa shape index (κ2) is 5.82. The minimum atomic E-state index is 0.420. The lowest BCUT2D eigenvalue weighted by Crippen LogP contribution is -2.17. The highest BCUT2D eigenvalue weighted by Gasteiger charge is 2.08. The first-order chi connectivity index (χ1) is 8.58. The van der Waals surface area contributed by atoms with Gasteiger partial charge in [-0.3, -0.25) is 0 Å². The summed E-state index contributed by atoms with van der Waals surface area (Å²) in [6.45, 7) is 0.892. The van der Waals surface area contributed by atoms with Gasteiger partial charge in [-0.05, 0) is 45.6 Å². The number of thiophene rings is 1. The van der Waals surface area contributed by atoms with E-state index in [2.05, 4.69) is 45.4 Å². The van der Waals surface area contributed by atoms with Crippen LogP contribution in [0.1, 0.15) is 10.4 Å². The average Bonchev–Trinajstić information content (AvgIpc) is 2.81. The van der Waals surface area contributed by atoms with Crippen molar-refractivity contribution in [2.24, 2.45) is 5.73 Å². The molecule has 2 aromatic rings. The molecular weight excluding hydrogens is 328 g/mol. The lowest BCUT2D eigenvalue weighted by molar-refractivity contribution is 0.937. The maximum atomic E-state index is 5.62. The van der Waals surface area contributed by atoms with Crippen LogP contribution in [-0.2, 0) is 6.54 Å². The van der Waals surface area contributed by atoms with Gasteiger partial charge in [0.05, 0.1) is 12.2 Å². The van der Waals surface area contributed by atoms with E-state index >= 15 is 0 Å². The second-order valence-electron chi connectivity index (χ2n) is 3.97. The molecule has 2 rings (SSSR count). The summed E-state index contributed by atoms with van der Waals surface area (Å²) in [6.07, 6.45) is 0. The monoisotopic (exact) mass is 340 g/mol. The quantitative estimate of drug-likeness (QED) is 0.858. The summed E-state index contributed by atoms with van der Waals surface area (Å²) in [5.41, 5.74) is 7.63. The number of benzene rings is 1. The lowest BCUT2D eigenvalue weighted by Gasteiger charge is -2.20. The molecular formula is C13H13BrN2S2. The van der Waals surface area contributed by atoms with E-state index < -0.39 is 0 Å². The summed E-state index contributed by atoms with van der Waals surface area (Å²) in [5, 5.41) is 2.09. The minimum Gasteiger partial charge on any atom is -0.389 e. The number of nitrogens with two attached hydrogens (primary N) is 1. The number of nitrogens with zero attached hydrogens (tertiary/aromatic N) is 1. The van der Waals surface area contributed by atoms with E-state index in [0.29, 0.717) is 4.99 Å². The zero-order valence-corrected chi connectivity index (χ0v) is 13.1. The molecule has 94 valence electrons. The molecule has 0 fully saturated rings.